The average molecular weight is 227 g/mol. The molecule has 0 spiro atoms. The van der Waals surface area contributed by atoms with Crippen molar-refractivity contribution < 1.29 is 0 Å². The van der Waals surface area contributed by atoms with Crippen LogP contribution in [0.15, 0.2) is 4.99 Å². The maximum atomic E-state index is 4.22. The number of rotatable bonds is 6. The van der Waals surface area contributed by atoms with Crippen LogP contribution in [-0.2, 0) is 0 Å². The Morgan fingerprint density at radius 2 is 1.75 bits per heavy atom. The summed E-state index contributed by atoms with van der Waals surface area (Å²) < 4.78 is 0. The number of hydrogen-bond acceptors (Lipinski definition) is 1. The van der Waals surface area contributed by atoms with E-state index in [0.29, 0.717) is 12.0 Å². The van der Waals surface area contributed by atoms with E-state index >= 15 is 0 Å². The summed E-state index contributed by atoms with van der Waals surface area (Å²) in [6, 6.07) is 0.455. The summed E-state index contributed by atoms with van der Waals surface area (Å²) in [7, 11) is 1.82. The lowest BCUT2D eigenvalue weighted by Crippen LogP contribution is -2.44. The van der Waals surface area contributed by atoms with Crippen LogP contribution in [0, 0.1) is 11.8 Å². The summed E-state index contributed by atoms with van der Waals surface area (Å²) in [4.78, 5) is 4.22. The second kappa shape index (κ2) is 8.43. The van der Waals surface area contributed by atoms with Crippen LogP contribution < -0.4 is 10.6 Å². The van der Waals surface area contributed by atoms with E-state index < -0.39 is 0 Å². The molecule has 0 aliphatic rings. The fourth-order valence-corrected chi connectivity index (χ4v) is 1.29. The number of hydrogen-bond donors (Lipinski definition) is 2. The standard InChI is InChI=1S/C13H29N3/c1-10(2)8-7-9-15-13(14-6)16-12(5)11(3)4/h10-12H,7-9H2,1-6H3,(H2,14,15,16). The molecule has 0 bridgehead atoms. The Morgan fingerprint density at radius 3 is 2.19 bits per heavy atom. The molecule has 0 aliphatic carbocycles. The maximum Gasteiger partial charge on any atom is 0.191 e. The summed E-state index contributed by atoms with van der Waals surface area (Å²) >= 11 is 0. The van der Waals surface area contributed by atoms with E-state index in [-0.39, 0.29) is 0 Å². The molecule has 0 fully saturated rings. The molecule has 96 valence electrons. The highest BCUT2D eigenvalue weighted by molar-refractivity contribution is 5.79. The van der Waals surface area contributed by atoms with Crippen molar-refractivity contribution in [2.45, 2.75) is 53.5 Å². The molecular formula is C13H29N3. The van der Waals surface area contributed by atoms with Crippen molar-refractivity contribution in [3.63, 3.8) is 0 Å². The lowest BCUT2D eigenvalue weighted by molar-refractivity contribution is 0.478. The Hall–Kier alpha value is -0.730. The van der Waals surface area contributed by atoms with Gasteiger partial charge in [-0.05, 0) is 31.6 Å². The lowest BCUT2D eigenvalue weighted by atomic mass is 10.1. The molecule has 3 heteroatoms. The van der Waals surface area contributed by atoms with Crippen molar-refractivity contribution in [2.24, 2.45) is 16.8 Å². The Morgan fingerprint density at radius 1 is 1.12 bits per heavy atom. The van der Waals surface area contributed by atoms with Gasteiger partial charge < -0.3 is 10.6 Å². The van der Waals surface area contributed by atoms with Gasteiger partial charge in [-0.3, -0.25) is 4.99 Å². The molecule has 0 amide bonds. The molecule has 2 N–H and O–H groups in total. The van der Waals surface area contributed by atoms with E-state index in [1.54, 1.807) is 0 Å². The molecule has 0 heterocycles. The van der Waals surface area contributed by atoms with Crippen molar-refractivity contribution >= 4 is 5.96 Å². The first-order chi connectivity index (χ1) is 7.47. The summed E-state index contributed by atoms with van der Waals surface area (Å²) in [6.45, 7) is 12.1. The SMILES string of the molecule is CN=C(NCCCC(C)C)NC(C)C(C)C. The van der Waals surface area contributed by atoms with Crippen LogP contribution in [0.2, 0.25) is 0 Å². The van der Waals surface area contributed by atoms with Gasteiger partial charge in [0.1, 0.15) is 0 Å². The monoisotopic (exact) mass is 227 g/mol. The third-order valence-corrected chi connectivity index (χ3v) is 2.84. The Labute approximate surface area is 101 Å². The van der Waals surface area contributed by atoms with Crippen LogP contribution in [0.1, 0.15) is 47.5 Å². The summed E-state index contributed by atoms with van der Waals surface area (Å²) in [5.74, 6) is 2.32. The molecule has 0 aromatic carbocycles. The second-order valence-electron chi connectivity index (χ2n) is 5.21. The minimum absolute atomic E-state index is 0.455. The molecule has 0 saturated carbocycles. The normalized spacial score (nSPS) is 14.4. The molecule has 16 heavy (non-hydrogen) atoms. The van der Waals surface area contributed by atoms with Gasteiger partial charge in [0.2, 0.25) is 0 Å². The molecule has 1 atom stereocenters. The quantitative estimate of drug-likeness (QED) is 0.416. The van der Waals surface area contributed by atoms with Gasteiger partial charge in [0.05, 0.1) is 0 Å². The van der Waals surface area contributed by atoms with Gasteiger partial charge in [-0.25, -0.2) is 0 Å². The van der Waals surface area contributed by atoms with Gasteiger partial charge >= 0.3 is 0 Å². The number of nitrogens with zero attached hydrogens (tertiary/aromatic N) is 1. The van der Waals surface area contributed by atoms with Crippen molar-refractivity contribution in [3.05, 3.63) is 0 Å². The van der Waals surface area contributed by atoms with Gasteiger partial charge in [-0.2, -0.15) is 0 Å². The van der Waals surface area contributed by atoms with Crippen molar-refractivity contribution in [2.75, 3.05) is 13.6 Å². The first-order valence-corrected chi connectivity index (χ1v) is 6.44. The first-order valence-electron chi connectivity index (χ1n) is 6.44. The van der Waals surface area contributed by atoms with E-state index in [1.807, 2.05) is 7.05 Å². The van der Waals surface area contributed by atoms with Gasteiger partial charge in [-0.15, -0.1) is 0 Å². The van der Waals surface area contributed by atoms with E-state index in [9.17, 15) is 0 Å². The molecule has 1 unspecified atom stereocenters. The van der Waals surface area contributed by atoms with E-state index in [0.717, 1.165) is 18.4 Å². The molecule has 0 aliphatic heterocycles. The van der Waals surface area contributed by atoms with Crippen LogP contribution in [0.5, 0.6) is 0 Å². The van der Waals surface area contributed by atoms with Gasteiger partial charge in [0, 0.05) is 19.6 Å². The topological polar surface area (TPSA) is 36.4 Å². The predicted molar refractivity (Wildman–Crippen MR) is 72.9 cm³/mol. The fourth-order valence-electron chi connectivity index (χ4n) is 1.29. The number of aliphatic imine (C=N–C) groups is 1. The van der Waals surface area contributed by atoms with Crippen LogP contribution in [0.25, 0.3) is 0 Å². The van der Waals surface area contributed by atoms with Gasteiger partial charge in [0.15, 0.2) is 5.96 Å². The molecule has 3 nitrogen and oxygen atoms in total. The molecule has 0 aromatic rings. The minimum atomic E-state index is 0.455. The van der Waals surface area contributed by atoms with Gasteiger partial charge in [-0.1, -0.05) is 27.7 Å². The highest BCUT2D eigenvalue weighted by Crippen LogP contribution is 2.02. The van der Waals surface area contributed by atoms with Crippen molar-refractivity contribution in [3.8, 4) is 0 Å². The van der Waals surface area contributed by atoms with Crippen LogP contribution in [-0.4, -0.2) is 25.6 Å². The van der Waals surface area contributed by atoms with Crippen molar-refractivity contribution in [1.82, 2.24) is 10.6 Å². The van der Waals surface area contributed by atoms with Gasteiger partial charge in [0.25, 0.3) is 0 Å². The summed E-state index contributed by atoms with van der Waals surface area (Å²) in [5.41, 5.74) is 0. The molecule has 0 radical (unpaired) electrons. The lowest BCUT2D eigenvalue weighted by Gasteiger charge is -2.20. The third-order valence-electron chi connectivity index (χ3n) is 2.84. The van der Waals surface area contributed by atoms with E-state index in [1.165, 1.54) is 12.8 Å². The van der Waals surface area contributed by atoms with E-state index in [2.05, 4.69) is 50.2 Å². The zero-order valence-corrected chi connectivity index (χ0v) is 11.8. The number of guanidine groups is 1. The Kier molecular flexibility index (Phi) is 8.04. The minimum Gasteiger partial charge on any atom is -0.356 e. The second-order valence-corrected chi connectivity index (χ2v) is 5.21. The number of nitrogens with one attached hydrogen (secondary N) is 2. The Bertz CT molecular complexity index is 197. The summed E-state index contributed by atoms with van der Waals surface area (Å²) in [6.07, 6.45) is 2.47. The maximum absolute atomic E-state index is 4.22. The highest BCUT2D eigenvalue weighted by atomic mass is 15.2. The fraction of sp³-hybridized carbons (Fsp3) is 0.923. The average Bonchev–Trinajstić information content (AvgIpc) is 2.21. The summed E-state index contributed by atoms with van der Waals surface area (Å²) in [5, 5.41) is 6.74. The predicted octanol–water partition coefficient (Wildman–Crippen LogP) is 2.63. The smallest absolute Gasteiger partial charge is 0.191 e. The van der Waals surface area contributed by atoms with Crippen LogP contribution >= 0.6 is 0 Å². The largest absolute Gasteiger partial charge is 0.356 e. The first kappa shape index (κ1) is 15.3. The molecule has 0 aromatic heterocycles. The third kappa shape index (κ3) is 7.55. The Balaban J connectivity index is 3.77. The van der Waals surface area contributed by atoms with Crippen molar-refractivity contribution in [1.29, 1.82) is 0 Å². The van der Waals surface area contributed by atoms with E-state index in [4.69, 9.17) is 0 Å². The highest BCUT2D eigenvalue weighted by Gasteiger charge is 2.08. The zero-order chi connectivity index (χ0) is 12.6. The molecule has 0 rings (SSSR count). The molecular weight excluding hydrogens is 198 g/mol. The molecule has 0 saturated heterocycles. The van der Waals surface area contributed by atoms with Crippen LogP contribution in [0.3, 0.4) is 0 Å². The zero-order valence-electron chi connectivity index (χ0n) is 11.8. The van der Waals surface area contributed by atoms with Crippen LogP contribution in [0.4, 0.5) is 0 Å².